The van der Waals surface area contributed by atoms with Crippen LogP contribution >= 0.6 is 0 Å². The molecule has 1 aliphatic heterocycles. The molecule has 98 valence electrons. The molecule has 1 saturated heterocycles. The van der Waals surface area contributed by atoms with Gasteiger partial charge in [-0.1, -0.05) is 18.2 Å². The van der Waals surface area contributed by atoms with E-state index in [1.165, 1.54) is 0 Å². The van der Waals surface area contributed by atoms with E-state index in [-0.39, 0.29) is 18.0 Å². The number of para-hydroxylation sites is 1. The van der Waals surface area contributed by atoms with Gasteiger partial charge in [-0.2, -0.15) is 0 Å². The summed E-state index contributed by atoms with van der Waals surface area (Å²) in [4.78, 5) is 0. The highest BCUT2D eigenvalue weighted by Gasteiger charge is 2.52. The summed E-state index contributed by atoms with van der Waals surface area (Å²) in [7, 11) is -0.474. The summed E-state index contributed by atoms with van der Waals surface area (Å²) in [6.45, 7) is 7.65. The first-order chi connectivity index (χ1) is 8.37. The van der Waals surface area contributed by atoms with Crippen molar-refractivity contribution >= 4 is 12.6 Å². The second kappa shape index (κ2) is 4.57. The normalized spacial score (nSPS) is 21.1. The third-order valence-electron chi connectivity index (χ3n) is 3.65. The summed E-state index contributed by atoms with van der Waals surface area (Å²) in [5.41, 5.74) is 0.0266. The lowest BCUT2D eigenvalue weighted by Crippen LogP contribution is -2.41. The molecule has 0 spiro atoms. The first kappa shape index (κ1) is 13.4. The molecule has 1 fully saturated rings. The summed E-state index contributed by atoms with van der Waals surface area (Å²) < 4.78 is 17.1. The first-order valence-electron chi connectivity index (χ1n) is 6.05. The number of ether oxygens (including phenoxy) is 1. The maximum atomic E-state index is 8.89. The third kappa shape index (κ3) is 2.26. The molecular weight excluding hydrogens is 231 g/mol. The average Bonchev–Trinajstić information content (AvgIpc) is 2.49. The predicted octanol–water partition coefficient (Wildman–Crippen LogP) is 1.31. The maximum absolute atomic E-state index is 8.89. The van der Waals surface area contributed by atoms with Gasteiger partial charge in [0, 0.05) is 5.46 Å². The van der Waals surface area contributed by atoms with Gasteiger partial charge >= 0.3 is 7.12 Å². The van der Waals surface area contributed by atoms with Crippen molar-refractivity contribution in [3.8, 4) is 5.75 Å². The van der Waals surface area contributed by atoms with E-state index < -0.39 is 7.12 Å². The van der Waals surface area contributed by atoms with Gasteiger partial charge in [-0.05, 0) is 33.8 Å². The number of hydrogen-bond acceptors (Lipinski definition) is 4. The molecule has 2 rings (SSSR count). The molecule has 1 aromatic carbocycles. The molecule has 0 aliphatic carbocycles. The molecule has 1 N–H and O–H groups in total. The van der Waals surface area contributed by atoms with E-state index >= 15 is 0 Å². The van der Waals surface area contributed by atoms with E-state index in [1.54, 1.807) is 6.07 Å². The maximum Gasteiger partial charge on any atom is 0.498 e. The lowest BCUT2D eigenvalue weighted by Gasteiger charge is -2.32. The minimum atomic E-state index is -0.474. The lowest BCUT2D eigenvalue weighted by molar-refractivity contribution is 0.00578. The molecule has 1 aromatic rings. The van der Waals surface area contributed by atoms with Crippen LogP contribution in [0.1, 0.15) is 27.7 Å². The summed E-state index contributed by atoms with van der Waals surface area (Å²) >= 11 is 0. The van der Waals surface area contributed by atoms with Gasteiger partial charge in [-0.15, -0.1) is 0 Å². The van der Waals surface area contributed by atoms with Crippen LogP contribution < -0.4 is 10.2 Å². The van der Waals surface area contributed by atoms with E-state index in [1.807, 2.05) is 45.9 Å². The number of aliphatic hydroxyl groups excluding tert-OH is 1. The minimum Gasteiger partial charge on any atom is -0.468 e. The molecule has 0 bridgehead atoms. The van der Waals surface area contributed by atoms with Crippen LogP contribution in [0, 0.1) is 0 Å². The zero-order chi connectivity index (χ0) is 13.4. The molecule has 4 nitrogen and oxygen atoms in total. The second-order valence-electron chi connectivity index (χ2n) is 5.40. The van der Waals surface area contributed by atoms with Gasteiger partial charge in [0.05, 0.1) is 11.2 Å². The van der Waals surface area contributed by atoms with Crippen molar-refractivity contribution in [2.45, 2.75) is 38.9 Å². The molecule has 0 aromatic heterocycles. The van der Waals surface area contributed by atoms with E-state index in [4.69, 9.17) is 19.2 Å². The minimum absolute atomic E-state index is 0.365. The van der Waals surface area contributed by atoms with Crippen LogP contribution in [-0.4, -0.2) is 30.2 Å². The molecule has 0 saturated carbocycles. The third-order valence-corrected chi connectivity index (χ3v) is 3.65. The fourth-order valence-corrected chi connectivity index (χ4v) is 1.85. The zero-order valence-corrected chi connectivity index (χ0v) is 11.3. The van der Waals surface area contributed by atoms with Gasteiger partial charge in [-0.3, -0.25) is 0 Å². The molecule has 0 radical (unpaired) electrons. The highest BCUT2D eigenvalue weighted by atomic mass is 16.7. The van der Waals surface area contributed by atoms with Crippen LogP contribution in [0.5, 0.6) is 5.75 Å². The largest absolute Gasteiger partial charge is 0.498 e. The van der Waals surface area contributed by atoms with Crippen LogP contribution in [0.4, 0.5) is 0 Å². The smallest absolute Gasteiger partial charge is 0.468 e. The summed E-state index contributed by atoms with van der Waals surface area (Å²) in [6.07, 6.45) is 0. The lowest BCUT2D eigenvalue weighted by atomic mass is 9.78. The van der Waals surface area contributed by atoms with E-state index in [0.29, 0.717) is 5.75 Å². The number of hydrogen-bond donors (Lipinski definition) is 1. The Kier molecular flexibility index (Phi) is 3.40. The molecule has 0 atom stereocenters. The van der Waals surface area contributed by atoms with Gasteiger partial charge in [0.25, 0.3) is 0 Å². The van der Waals surface area contributed by atoms with E-state index in [9.17, 15) is 0 Å². The highest BCUT2D eigenvalue weighted by molar-refractivity contribution is 6.63. The fraction of sp³-hybridized carbons (Fsp3) is 0.538. The number of benzene rings is 1. The number of rotatable bonds is 3. The van der Waals surface area contributed by atoms with E-state index in [0.717, 1.165) is 5.46 Å². The average molecular weight is 250 g/mol. The van der Waals surface area contributed by atoms with Gasteiger partial charge in [0.1, 0.15) is 5.75 Å². The Morgan fingerprint density at radius 1 is 1.11 bits per heavy atom. The monoisotopic (exact) mass is 250 g/mol. The second-order valence-corrected chi connectivity index (χ2v) is 5.40. The fourth-order valence-electron chi connectivity index (χ4n) is 1.85. The van der Waals surface area contributed by atoms with Crippen LogP contribution in [0.2, 0.25) is 0 Å². The highest BCUT2D eigenvalue weighted by Crippen LogP contribution is 2.37. The van der Waals surface area contributed by atoms with Crippen LogP contribution in [0.25, 0.3) is 0 Å². The van der Waals surface area contributed by atoms with Crippen molar-refractivity contribution in [1.29, 1.82) is 0 Å². The zero-order valence-electron chi connectivity index (χ0n) is 11.3. The van der Waals surface area contributed by atoms with Crippen molar-refractivity contribution in [3.63, 3.8) is 0 Å². The van der Waals surface area contributed by atoms with Crippen molar-refractivity contribution < 1.29 is 19.2 Å². The molecule has 5 heteroatoms. The van der Waals surface area contributed by atoms with Crippen molar-refractivity contribution in [3.05, 3.63) is 24.3 Å². The quantitative estimate of drug-likeness (QED) is 0.649. The van der Waals surface area contributed by atoms with Crippen molar-refractivity contribution in [1.82, 2.24) is 0 Å². The van der Waals surface area contributed by atoms with E-state index in [2.05, 4.69) is 0 Å². The summed E-state index contributed by atoms with van der Waals surface area (Å²) in [5.74, 6) is 0.582. The Bertz CT molecular complexity index is 415. The Balaban J connectivity index is 2.29. The Morgan fingerprint density at radius 2 is 1.67 bits per heavy atom. The summed E-state index contributed by atoms with van der Waals surface area (Å²) in [5, 5.41) is 8.89. The van der Waals surface area contributed by atoms with Crippen molar-refractivity contribution in [2.24, 2.45) is 0 Å². The molecule has 1 aliphatic rings. The Labute approximate surface area is 108 Å². The Hall–Kier alpha value is -1.04. The molecule has 0 unspecified atom stereocenters. The topological polar surface area (TPSA) is 47.9 Å². The van der Waals surface area contributed by atoms with Crippen molar-refractivity contribution in [2.75, 3.05) is 6.79 Å². The number of aliphatic hydroxyl groups is 1. The molecular formula is C13H19BO4. The molecule has 1 heterocycles. The van der Waals surface area contributed by atoms with Crippen LogP contribution in [0.3, 0.4) is 0 Å². The Morgan fingerprint density at radius 3 is 2.22 bits per heavy atom. The van der Waals surface area contributed by atoms with Gasteiger partial charge in [-0.25, -0.2) is 0 Å². The molecule has 0 amide bonds. The predicted molar refractivity (Wildman–Crippen MR) is 69.9 cm³/mol. The standard InChI is InChI=1S/C13H19BO4/c1-12(2)13(3,4)18-14(17-12)10-7-5-6-8-11(10)16-9-15/h5-8,15H,9H2,1-4H3. The summed E-state index contributed by atoms with van der Waals surface area (Å²) in [6, 6.07) is 7.41. The van der Waals surface area contributed by atoms with Gasteiger partial charge in [0.15, 0.2) is 6.79 Å². The van der Waals surface area contributed by atoms with Gasteiger partial charge < -0.3 is 19.2 Å². The first-order valence-corrected chi connectivity index (χ1v) is 6.05. The van der Waals surface area contributed by atoms with Gasteiger partial charge in [0.2, 0.25) is 0 Å². The van der Waals surface area contributed by atoms with Crippen LogP contribution in [-0.2, 0) is 9.31 Å². The molecule has 18 heavy (non-hydrogen) atoms. The SMILES string of the molecule is CC1(C)OB(c2ccccc2OCO)OC1(C)C. The van der Waals surface area contributed by atoms with Crippen LogP contribution in [0.15, 0.2) is 24.3 Å².